The molecule has 0 radical (unpaired) electrons. The fourth-order valence-corrected chi connectivity index (χ4v) is 6.12. The zero-order valence-corrected chi connectivity index (χ0v) is 27.6. The van der Waals surface area contributed by atoms with E-state index < -0.39 is 0 Å². The minimum Gasteiger partial charge on any atom is -0.493 e. The van der Waals surface area contributed by atoms with E-state index in [0.717, 1.165) is 41.8 Å². The molecule has 0 aromatic heterocycles. The van der Waals surface area contributed by atoms with Crippen molar-refractivity contribution in [2.45, 2.75) is 139 Å². The highest BCUT2D eigenvalue weighted by atomic mass is 15.2. The molecule has 1 aliphatic heterocycles. The fraction of sp³-hybridized carbons (Fsp3) is 0.538. The average molecular weight is 553 g/mol. The Morgan fingerprint density at radius 3 is 1.54 bits per heavy atom. The molecule has 0 N–H and O–H groups in total. The molecule has 1 heterocycles. The molecule has 0 spiro atoms. The minimum atomic E-state index is 0.931. The highest BCUT2D eigenvalue weighted by Gasteiger charge is 2.35. The van der Waals surface area contributed by atoms with E-state index in [1.807, 2.05) is 0 Å². The van der Waals surface area contributed by atoms with Gasteiger partial charge in [0, 0.05) is 16.7 Å². The Morgan fingerprint density at radius 2 is 1.02 bits per heavy atom. The molecule has 2 aromatic rings. The summed E-state index contributed by atoms with van der Waals surface area (Å²) < 4.78 is 1.52. The summed E-state index contributed by atoms with van der Waals surface area (Å²) in [5.74, 6) is 0. The van der Waals surface area contributed by atoms with Gasteiger partial charge in [0.15, 0.2) is 0 Å². The lowest BCUT2D eigenvalue weighted by Crippen LogP contribution is -2.04. The van der Waals surface area contributed by atoms with Crippen LogP contribution >= 0.6 is 0 Å². The number of hydrogen-bond acceptors (Lipinski definition) is 0. The Kier molecular flexibility index (Phi) is 12.8. The molecule has 0 atom stereocenters. The first kappa shape index (κ1) is 32.8. The van der Waals surface area contributed by atoms with Gasteiger partial charge in [-0.3, -0.25) is 0 Å². The number of benzene rings is 2. The number of allylic oxidation sites excluding steroid dienone is 4. The van der Waals surface area contributed by atoms with Gasteiger partial charge < -0.3 is 5.53 Å². The van der Waals surface area contributed by atoms with E-state index in [4.69, 9.17) is 0 Å². The number of hydrogen-bond donors (Lipinski definition) is 0. The second-order valence-electron chi connectivity index (χ2n) is 12.5. The summed E-state index contributed by atoms with van der Waals surface area (Å²) >= 11 is 0. The van der Waals surface area contributed by atoms with Crippen molar-refractivity contribution in [1.29, 1.82) is 0 Å². The van der Waals surface area contributed by atoms with Crippen LogP contribution in [-0.4, -0.2) is 4.70 Å². The minimum absolute atomic E-state index is 0.931. The molecule has 0 amide bonds. The molecule has 0 fully saturated rings. The quantitative estimate of drug-likeness (QED) is 0.146. The van der Waals surface area contributed by atoms with Crippen molar-refractivity contribution in [3.05, 3.63) is 97.6 Å². The summed E-state index contributed by atoms with van der Waals surface area (Å²) in [6.45, 7) is 17.7. The van der Waals surface area contributed by atoms with Crippen LogP contribution in [0, 0.1) is 41.5 Å². The molecule has 0 bridgehead atoms. The van der Waals surface area contributed by atoms with Crippen LogP contribution in [0.25, 0.3) is 16.9 Å². The van der Waals surface area contributed by atoms with Crippen LogP contribution in [0.5, 0.6) is 0 Å². The molecule has 3 rings (SSSR count). The molecule has 41 heavy (non-hydrogen) atoms. The van der Waals surface area contributed by atoms with Gasteiger partial charge in [-0.2, -0.15) is 0 Å². The summed E-state index contributed by atoms with van der Waals surface area (Å²) in [6, 6.07) is 9.03. The molecule has 2 aromatic carbocycles. The summed E-state index contributed by atoms with van der Waals surface area (Å²) in [7, 11) is 0. The van der Waals surface area contributed by atoms with E-state index in [9.17, 15) is 5.53 Å². The maximum absolute atomic E-state index is 12.0. The predicted molar refractivity (Wildman–Crippen MR) is 179 cm³/mol. The molecular weight excluding hydrogens is 496 g/mol. The van der Waals surface area contributed by atoms with Crippen LogP contribution in [0.4, 0.5) is 0 Å². The number of rotatable bonds is 16. The zero-order valence-electron chi connectivity index (χ0n) is 27.6. The molecule has 2 nitrogen and oxygen atoms in total. The van der Waals surface area contributed by atoms with Gasteiger partial charge in [-0.05, 0) is 125 Å². The second-order valence-corrected chi connectivity index (χ2v) is 12.5. The summed E-state index contributed by atoms with van der Waals surface area (Å²) in [5.41, 5.74) is 26.3. The van der Waals surface area contributed by atoms with E-state index in [1.54, 1.807) is 0 Å². The van der Waals surface area contributed by atoms with Gasteiger partial charge in [0.05, 0.1) is 5.57 Å². The van der Waals surface area contributed by atoms with Gasteiger partial charge in [-0.1, -0.05) is 83.8 Å². The zero-order chi connectivity index (χ0) is 29.9. The standard InChI is InChI=1S/C39H56N2/c1-9-11-13-14-15-16-17-18-19-21-23-37-36(22-20-12-10-2)38(34-24-28(3)32(7)29(4)25-34)41(40)39(37)35-26-30(5)33(8)31(6)27-35/h21,23-27H,9-20,22H2,1-8H3. The Morgan fingerprint density at radius 1 is 0.585 bits per heavy atom. The van der Waals surface area contributed by atoms with Crippen molar-refractivity contribution < 1.29 is 4.70 Å². The molecule has 0 unspecified atom stereocenters. The molecular formula is C39H56N2. The third-order valence-electron chi connectivity index (χ3n) is 9.23. The molecule has 1 aliphatic rings. The van der Waals surface area contributed by atoms with Crippen molar-refractivity contribution in [2.24, 2.45) is 0 Å². The van der Waals surface area contributed by atoms with Gasteiger partial charge in [-0.15, -0.1) is 0 Å². The lowest BCUT2D eigenvalue weighted by molar-refractivity contribution is -0.345. The van der Waals surface area contributed by atoms with Crippen molar-refractivity contribution >= 4 is 11.4 Å². The fourth-order valence-electron chi connectivity index (χ4n) is 6.12. The van der Waals surface area contributed by atoms with Crippen LogP contribution in [0.15, 0.2) is 47.6 Å². The molecule has 0 saturated carbocycles. The number of nitrogens with zero attached hydrogens (tertiary/aromatic N) is 2. The van der Waals surface area contributed by atoms with Crippen LogP contribution in [0.3, 0.4) is 0 Å². The largest absolute Gasteiger partial charge is 0.493 e. The molecule has 2 heteroatoms. The van der Waals surface area contributed by atoms with Gasteiger partial charge in [0.2, 0.25) is 11.4 Å². The normalized spacial score (nSPS) is 13.9. The van der Waals surface area contributed by atoms with Crippen LogP contribution < -0.4 is 0 Å². The van der Waals surface area contributed by atoms with Gasteiger partial charge in [0.1, 0.15) is 0 Å². The molecule has 0 aliphatic carbocycles. The lowest BCUT2D eigenvalue weighted by Gasteiger charge is -2.14. The first-order valence-electron chi connectivity index (χ1n) is 16.5. The number of unbranched alkanes of at least 4 members (excludes halogenated alkanes) is 10. The SMILES string of the molecule is CCCCCCCCCCC=CC1=C(c2cc(C)c(C)c(C)c2)[N+](=[N-])C(c2cc(C)c(C)c(C)c2)=C1CCCCC. The van der Waals surface area contributed by atoms with Crippen molar-refractivity contribution in [2.75, 3.05) is 0 Å². The Balaban J connectivity index is 2.00. The summed E-state index contributed by atoms with van der Waals surface area (Å²) in [6.07, 6.45) is 21.0. The predicted octanol–water partition coefficient (Wildman–Crippen LogP) is 12.4. The van der Waals surface area contributed by atoms with E-state index >= 15 is 0 Å². The van der Waals surface area contributed by atoms with Gasteiger partial charge >= 0.3 is 0 Å². The lowest BCUT2D eigenvalue weighted by atomic mass is 9.92. The third kappa shape index (κ3) is 8.40. The summed E-state index contributed by atoms with van der Waals surface area (Å²) in [4.78, 5) is 0. The Hall–Kier alpha value is -2.74. The van der Waals surface area contributed by atoms with Gasteiger partial charge in [0.25, 0.3) is 0 Å². The Bertz CT molecular complexity index is 1250. The maximum atomic E-state index is 12.0. The van der Waals surface area contributed by atoms with E-state index in [2.05, 4.69) is 91.8 Å². The second kappa shape index (κ2) is 16.0. The molecule has 222 valence electrons. The first-order chi connectivity index (χ1) is 19.7. The third-order valence-corrected chi connectivity index (χ3v) is 9.23. The van der Waals surface area contributed by atoms with Crippen molar-refractivity contribution in [1.82, 2.24) is 0 Å². The summed E-state index contributed by atoms with van der Waals surface area (Å²) in [5, 5.41) is 0. The van der Waals surface area contributed by atoms with Crippen LogP contribution in [0.1, 0.15) is 142 Å². The highest BCUT2D eigenvalue weighted by molar-refractivity contribution is 5.84. The topological polar surface area (TPSA) is 25.3 Å². The van der Waals surface area contributed by atoms with Crippen molar-refractivity contribution in [3.63, 3.8) is 0 Å². The van der Waals surface area contributed by atoms with E-state index in [0.29, 0.717) is 0 Å². The van der Waals surface area contributed by atoms with Gasteiger partial charge in [-0.25, -0.2) is 4.70 Å². The number of aryl methyl sites for hydroxylation is 4. The average Bonchev–Trinajstić information content (AvgIpc) is 3.21. The Labute approximate surface area is 252 Å². The molecule has 0 saturated heterocycles. The smallest absolute Gasteiger partial charge is 0.215 e. The van der Waals surface area contributed by atoms with Crippen LogP contribution in [0.2, 0.25) is 0 Å². The monoisotopic (exact) mass is 552 g/mol. The van der Waals surface area contributed by atoms with Crippen LogP contribution in [-0.2, 0) is 0 Å². The first-order valence-corrected chi connectivity index (χ1v) is 16.5. The van der Waals surface area contributed by atoms with E-state index in [1.165, 1.54) is 113 Å². The highest BCUT2D eigenvalue weighted by Crippen LogP contribution is 2.44. The van der Waals surface area contributed by atoms with E-state index in [-0.39, 0.29) is 0 Å². The maximum Gasteiger partial charge on any atom is 0.215 e. The van der Waals surface area contributed by atoms with Crippen molar-refractivity contribution in [3.8, 4) is 0 Å².